The van der Waals surface area contributed by atoms with Crippen molar-refractivity contribution in [1.82, 2.24) is 5.32 Å². The normalized spacial score (nSPS) is 13.0. The standard InChI is InChI=1S/C16H27N/c1-5-6-15(12-17-4)11-14-7-9-16(10-8-14)13(2)3/h7-10,13,15,17H,5-6,11-12H2,1-4H3. The Kier molecular flexibility index (Phi) is 6.28. The molecule has 0 fully saturated rings. The summed E-state index contributed by atoms with van der Waals surface area (Å²) in [5.74, 6) is 1.41. The second kappa shape index (κ2) is 7.50. The molecule has 0 aromatic heterocycles. The molecule has 17 heavy (non-hydrogen) atoms. The summed E-state index contributed by atoms with van der Waals surface area (Å²) in [5, 5.41) is 3.30. The molecule has 1 N–H and O–H groups in total. The first-order chi connectivity index (χ1) is 8.17. The van der Waals surface area contributed by atoms with Gasteiger partial charge in [-0.05, 0) is 49.4 Å². The fourth-order valence-corrected chi connectivity index (χ4v) is 2.35. The maximum Gasteiger partial charge on any atom is -0.00203 e. The van der Waals surface area contributed by atoms with Crippen LogP contribution in [0.5, 0.6) is 0 Å². The van der Waals surface area contributed by atoms with Gasteiger partial charge in [-0.2, -0.15) is 0 Å². The average molecular weight is 233 g/mol. The van der Waals surface area contributed by atoms with Crippen LogP contribution in [0.2, 0.25) is 0 Å². The van der Waals surface area contributed by atoms with Crippen LogP contribution in [0, 0.1) is 5.92 Å². The summed E-state index contributed by atoms with van der Waals surface area (Å²) in [7, 11) is 2.05. The molecule has 0 saturated carbocycles. The predicted octanol–water partition coefficient (Wildman–Crippen LogP) is 3.99. The molecule has 1 unspecified atom stereocenters. The molecule has 0 bridgehead atoms. The fourth-order valence-electron chi connectivity index (χ4n) is 2.35. The van der Waals surface area contributed by atoms with Crippen LogP contribution < -0.4 is 5.32 Å². The summed E-state index contributed by atoms with van der Waals surface area (Å²) in [5.41, 5.74) is 2.91. The smallest absolute Gasteiger partial charge is 0.00203 e. The van der Waals surface area contributed by atoms with Crippen molar-refractivity contribution < 1.29 is 0 Å². The van der Waals surface area contributed by atoms with Crippen molar-refractivity contribution in [2.45, 2.75) is 46.0 Å². The minimum atomic E-state index is 0.632. The Labute approximate surface area is 107 Å². The third-order valence-electron chi connectivity index (χ3n) is 3.36. The highest BCUT2D eigenvalue weighted by Crippen LogP contribution is 2.18. The molecule has 0 spiro atoms. The first-order valence-corrected chi connectivity index (χ1v) is 6.90. The molecule has 1 atom stereocenters. The van der Waals surface area contributed by atoms with Gasteiger partial charge in [-0.15, -0.1) is 0 Å². The summed E-state index contributed by atoms with van der Waals surface area (Å²) in [6.45, 7) is 7.89. The van der Waals surface area contributed by atoms with Crippen molar-refractivity contribution in [1.29, 1.82) is 0 Å². The van der Waals surface area contributed by atoms with E-state index in [4.69, 9.17) is 0 Å². The van der Waals surface area contributed by atoms with E-state index in [9.17, 15) is 0 Å². The van der Waals surface area contributed by atoms with Crippen molar-refractivity contribution in [3.8, 4) is 0 Å². The van der Waals surface area contributed by atoms with Crippen molar-refractivity contribution in [3.63, 3.8) is 0 Å². The molecular weight excluding hydrogens is 206 g/mol. The third-order valence-corrected chi connectivity index (χ3v) is 3.36. The van der Waals surface area contributed by atoms with Crippen LogP contribution in [-0.2, 0) is 6.42 Å². The predicted molar refractivity (Wildman–Crippen MR) is 76.6 cm³/mol. The van der Waals surface area contributed by atoms with Gasteiger partial charge in [-0.3, -0.25) is 0 Å². The quantitative estimate of drug-likeness (QED) is 0.751. The largest absolute Gasteiger partial charge is 0.319 e. The highest BCUT2D eigenvalue weighted by atomic mass is 14.8. The monoisotopic (exact) mass is 233 g/mol. The molecule has 0 saturated heterocycles. The molecule has 0 radical (unpaired) electrons. The van der Waals surface area contributed by atoms with E-state index in [1.165, 1.54) is 30.4 Å². The molecule has 0 aliphatic carbocycles. The molecule has 1 aromatic carbocycles. The van der Waals surface area contributed by atoms with E-state index in [-0.39, 0.29) is 0 Å². The maximum atomic E-state index is 3.30. The first kappa shape index (κ1) is 14.2. The fraction of sp³-hybridized carbons (Fsp3) is 0.625. The van der Waals surface area contributed by atoms with Gasteiger partial charge >= 0.3 is 0 Å². The van der Waals surface area contributed by atoms with Crippen LogP contribution in [0.25, 0.3) is 0 Å². The lowest BCUT2D eigenvalue weighted by Crippen LogP contribution is -2.20. The van der Waals surface area contributed by atoms with Gasteiger partial charge in [0.25, 0.3) is 0 Å². The van der Waals surface area contributed by atoms with Crippen LogP contribution in [-0.4, -0.2) is 13.6 Å². The van der Waals surface area contributed by atoms with E-state index in [2.05, 4.69) is 50.4 Å². The maximum absolute atomic E-state index is 3.30. The first-order valence-electron chi connectivity index (χ1n) is 6.90. The van der Waals surface area contributed by atoms with Crippen molar-refractivity contribution >= 4 is 0 Å². The molecule has 96 valence electrons. The second-order valence-electron chi connectivity index (χ2n) is 5.31. The lowest BCUT2D eigenvalue weighted by atomic mass is 9.93. The summed E-state index contributed by atoms with van der Waals surface area (Å²) >= 11 is 0. The van der Waals surface area contributed by atoms with E-state index < -0.39 is 0 Å². The Hall–Kier alpha value is -0.820. The molecule has 0 aliphatic heterocycles. The van der Waals surface area contributed by atoms with E-state index in [1.807, 2.05) is 7.05 Å². The molecule has 1 nitrogen and oxygen atoms in total. The van der Waals surface area contributed by atoms with Crippen molar-refractivity contribution in [3.05, 3.63) is 35.4 Å². The second-order valence-corrected chi connectivity index (χ2v) is 5.31. The SMILES string of the molecule is CCCC(CNC)Cc1ccc(C(C)C)cc1. The van der Waals surface area contributed by atoms with Crippen LogP contribution in [0.15, 0.2) is 24.3 Å². The molecule has 1 heteroatoms. The van der Waals surface area contributed by atoms with Gasteiger partial charge < -0.3 is 5.32 Å². The molecular formula is C16H27N. The minimum Gasteiger partial charge on any atom is -0.319 e. The highest BCUT2D eigenvalue weighted by molar-refractivity contribution is 5.25. The Bertz CT molecular complexity index is 294. The Morgan fingerprint density at radius 3 is 2.24 bits per heavy atom. The lowest BCUT2D eigenvalue weighted by Gasteiger charge is -2.16. The highest BCUT2D eigenvalue weighted by Gasteiger charge is 2.08. The topological polar surface area (TPSA) is 12.0 Å². The van der Waals surface area contributed by atoms with Crippen molar-refractivity contribution in [2.24, 2.45) is 5.92 Å². The Morgan fingerprint density at radius 2 is 1.76 bits per heavy atom. The number of rotatable bonds is 7. The van der Waals surface area contributed by atoms with E-state index >= 15 is 0 Å². The van der Waals surface area contributed by atoms with E-state index in [0.29, 0.717) is 5.92 Å². The zero-order valence-corrected chi connectivity index (χ0v) is 11.8. The minimum absolute atomic E-state index is 0.632. The van der Waals surface area contributed by atoms with Crippen LogP contribution in [0.3, 0.4) is 0 Å². The molecule has 0 heterocycles. The van der Waals surface area contributed by atoms with Gasteiger partial charge in [0.05, 0.1) is 0 Å². The van der Waals surface area contributed by atoms with Gasteiger partial charge in [-0.25, -0.2) is 0 Å². The number of hydrogen-bond acceptors (Lipinski definition) is 1. The Morgan fingerprint density at radius 1 is 1.12 bits per heavy atom. The summed E-state index contributed by atoms with van der Waals surface area (Å²) < 4.78 is 0. The van der Waals surface area contributed by atoms with Gasteiger partial charge in [0.2, 0.25) is 0 Å². The number of nitrogens with one attached hydrogen (secondary N) is 1. The molecule has 0 aliphatic rings. The van der Waals surface area contributed by atoms with Gasteiger partial charge in [0.15, 0.2) is 0 Å². The molecule has 1 rings (SSSR count). The van der Waals surface area contributed by atoms with Gasteiger partial charge in [0.1, 0.15) is 0 Å². The Balaban J connectivity index is 2.59. The lowest BCUT2D eigenvalue weighted by molar-refractivity contribution is 0.456. The summed E-state index contributed by atoms with van der Waals surface area (Å²) in [4.78, 5) is 0. The zero-order valence-electron chi connectivity index (χ0n) is 11.8. The van der Waals surface area contributed by atoms with E-state index in [0.717, 1.165) is 12.5 Å². The summed E-state index contributed by atoms with van der Waals surface area (Å²) in [6, 6.07) is 9.16. The average Bonchev–Trinajstić information content (AvgIpc) is 2.30. The summed E-state index contributed by atoms with van der Waals surface area (Å²) in [6.07, 6.45) is 3.79. The van der Waals surface area contributed by atoms with Gasteiger partial charge in [-0.1, -0.05) is 51.5 Å². The van der Waals surface area contributed by atoms with Crippen LogP contribution in [0.1, 0.15) is 50.7 Å². The molecule has 0 amide bonds. The van der Waals surface area contributed by atoms with Gasteiger partial charge in [0, 0.05) is 0 Å². The number of hydrogen-bond donors (Lipinski definition) is 1. The van der Waals surface area contributed by atoms with Crippen LogP contribution in [0.4, 0.5) is 0 Å². The number of benzene rings is 1. The molecule has 1 aromatic rings. The zero-order chi connectivity index (χ0) is 12.7. The van der Waals surface area contributed by atoms with Crippen molar-refractivity contribution in [2.75, 3.05) is 13.6 Å². The van der Waals surface area contributed by atoms with Crippen LogP contribution >= 0.6 is 0 Å². The third kappa shape index (κ3) is 4.91. The van der Waals surface area contributed by atoms with E-state index in [1.54, 1.807) is 0 Å².